The van der Waals surface area contributed by atoms with Gasteiger partial charge in [0.2, 0.25) is 5.91 Å². The minimum absolute atomic E-state index is 0.147. The fourth-order valence-electron chi connectivity index (χ4n) is 2.90. The number of piperazine rings is 1. The first-order valence-corrected chi connectivity index (χ1v) is 8.43. The molecule has 24 heavy (non-hydrogen) atoms. The van der Waals surface area contributed by atoms with Crippen LogP contribution in [-0.4, -0.2) is 66.6 Å². The molecule has 0 bridgehead atoms. The summed E-state index contributed by atoms with van der Waals surface area (Å²) in [6, 6.07) is 7.61. The highest BCUT2D eigenvalue weighted by Crippen LogP contribution is 2.14. The van der Waals surface area contributed by atoms with E-state index in [0.29, 0.717) is 12.8 Å². The Balaban J connectivity index is 1.71. The van der Waals surface area contributed by atoms with Crippen molar-refractivity contribution >= 4 is 11.9 Å². The number of amides is 1. The summed E-state index contributed by atoms with van der Waals surface area (Å²) in [4.78, 5) is 27.1. The number of unbranched alkanes of at least 4 members (excludes halogenated alkanes) is 1. The molecule has 0 atom stereocenters. The highest BCUT2D eigenvalue weighted by molar-refractivity contribution is 5.79. The summed E-state index contributed by atoms with van der Waals surface area (Å²) in [5.41, 5.74) is 0.968. The Morgan fingerprint density at radius 1 is 1.17 bits per heavy atom. The summed E-state index contributed by atoms with van der Waals surface area (Å²) in [5, 5.41) is 8.63. The Bertz CT molecular complexity index is 554. The van der Waals surface area contributed by atoms with E-state index in [1.54, 1.807) is 7.11 Å². The number of carbonyl (C=O) groups is 2. The zero-order valence-electron chi connectivity index (χ0n) is 14.2. The first-order valence-electron chi connectivity index (χ1n) is 8.43. The van der Waals surface area contributed by atoms with Gasteiger partial charge in [0.05, 0.1) is 13.5 Å². The van der Waals surface area contributed by atoms with E-state index in [9.17, 15) is 9.59 Å². The quantitative estimate of drug-likeness (QED) is 0.732. The third kappa shape index (κ3) is 5.85. The second-order valence-corrected chi connectivity index (χ2v) is 6.10. The molecular formula is C18H26N2O4. The number of carboxylic acids is 1. The Morgan fingerprint density at radius 2 is 1.92 bits per heavy atom. The van der Waals surface area contributed by atoms with Crippen LogP contribution in [0.25, 0.3) is 0 Å². The van der Waals surface area contributed by atoms with Gasteiger partial charge in [-0.2, -0.15) is 0 Å². The van der Waals surface area contributed by atoms with E-state index in [0.717, 1.165) is 50.5 Å². The number of aliphatic carboxylic acids is 1. The van der Waals surface area contributed by atoms with Gasteiger partial charge in [-0.05, 0) is 37.1 Å². The Morgan fingerprint density at radius 3 is 2.58 bits per heavy atom. The number of rotatable bonds is 8. The van der Waals surface area contributed by atoms with Crippen LogP contribution >= 0.6 is 0 Å². The molecule has 0 aromatic heterocycles. The molecule has 0 radical (unpaired) electrons. The molecule has 1 heterocycles. The van der Waals surface area contributed by atoms with Gasteiger partial charge in [-0.1, -0.05) is 12.1 Å². The van der Waals surface area contributed by atoms with Gasteiger partial charge in [-0.3, -0.25) is 14.5 Å². The van der Waals surface area contributed by atoms with E-state index in [2.05, 4.69) is 4.90 Å². The third-order valence-electron chi connectivity index (χ3n) is 4.33. The number of nitrogens with zero attached hydrogens (tertiary/aromatic N) is 2. The maximum atomic E-state index is 12.4. The molecule has 1 saturated heterocycles. The molecule has 1 aromatic rings. The lowest BCUT2D eigenvalue weighted by atomic mass is 10.1. The fraction of sp³-hybridized carbons (Fsp3) is 0.556. The van der Waals surface area contributed by atoms with Crippen molar-refractivity contribution in [2.75, 3.05) is 39.8 Å². The molecule has 1 aliphatic rings. The third-order valence-corrected chi connectivity index (χ3v) is 4.33. The average molecular weight is 334 g/mol. The van der Waals surface area contributed by atoms with Gasteiger partial charge in [0, 0.05) is 32.6 Å². The van der Waals surface area contributed by atoms with E-state index in [4.69, 9.17) is 9.84 Å². The maximum Gasteiger partial charge on any atom is 0.303 e. The van der Waals surface area contributed by atoms with Crippen LogP contribution < -0.4 is 4.74 Å². The van der Waals surface area contributed by atoms with Crippen molar-refractivity contribution in [3.8, 4) is 5.75 Å². The topological polar surface area (TPSA) is 70.1 Å². The molecule has 1 amide bonds. The lowest BCUT2D eigenvalue weighted by Crippen LogP contribution is -2.49. The highest BCUT2D eigenvalue weighted by atomic mass is 16.5. The molecule has 1 aromatic carbocycles. The number of ether oxygens (including phenoxy) is 1. The molecule has 0 saturated carbocycles. The molecule has 1 fully saturated rings. The van der Waals surface area contributed by atoms with Gasteiger partial charge >= 0.3 is 5.97 Å². The minimum Gasteiger partial charge on any atom is -0.497 e. The number of hydrogen-bond donors (Lipinski definition) is 1. The van der Waals surface area contributed by atoms with E-state index in [1.165, 1.54) is 0 Å². The first-order chi connectivity index (χ1) is 11.6. The van der Waals surface area contributed by atoms with Crippen LogP contribution in [0.3, 0.4) is 0 Å². The highest BCUT2D eigenvalue weighted by Gasteiger charge is 2.20. The molecule has 6 heteroatoms. The van der Waals surface area contributed by atoms with E-state index in [-0.39, 0.29) is 12.3 Å². The van der Waals surface area contributed by atoms with Gasteiger partial charge in [0.25, 0.3) is 0 Å². The summed E-state index contributed by atoms with van der Waals surface area (Å²) >= 11 is 0. The molecule has 132 valence electrons. The van der Waals surface area contributed by atoms with Crippen molar-refractivity contribution in [2.24, 2.45) is 0 Å². The van der Waals surface area contributed by atoms with Crippen LogP contribution in [0, 0.1) is 0 Å². The van der Waals surface area contributed by atoms with Gasteiger partial charge in [-0.25, -0.2) is 0 Å². The molecule has 0 aliphatic carbocycles. The Hall–Kier alpha value is -2.08. The van der Waals surface area contributed by atoms with Gasteiger partial charge in [-0.15, -0.1) is 0 Å². The van der Waals surface area contributed by atoms with Gasteiger partial charge < -0.3 is 14.7 Å². The van der Waals surface area contributed by atoms with Crippen LogP contribution in [0.15, 0.2) is 24.3 Å². The largest absolute Gasteiger partial charge is 0.497 e. The SMILES string of the molecule is COc1cccc(CC(=O)N2CCN(CCCCC(=O)O)CC2)c1. The zero-order valence-corrected chi connectivity index (χ0v) is 14.2. The Labute approximate surface area is 143 Å². The van der Waals surface area contributed by atoms with Crippen LogP contribution in [0.1, 0.15) is 24.8 Å². The second-order valence-electron chi connectivity index (χ2n) is 6.10. The second kappa shape index (κ2) is 9.27. The molecule has 2 rings (SSSR count). The number of carbonyl (C=O) groups excluding carboxylic acids is 1. The number of methoxy groups -OCH3 is 1. The summed E-state index contributed by atoms with van der Waals surface area (Å²) in [5.74, 6) is 0.184. The van der Waals surface area contributed by atoms with Crippen molar-refractivity contribution in [1.29, 1.82) is 0 Å². The van der Waals surface area contributed by atoms with Gasteiger partial charge in [0.15, 0.2) is 0 Å². The maximum absolute atomic E-state index is 12.4. The predicted octanol–water partition coefficient (Wildman–Crippen LogP) is 1.64. The van der Waals surface area contributed by atoms with Crippen molar-refractivity contribution in [2.45, 2.75) is 25.7 Å². The molecular weight excluding hydrogens is 308 g/mol. The fourth-order valence-corrected chi connectivity index (χ4v) is 2.90. The van der Waals surface area contributed by atoms with Crippen molar-refractivity contribution < 1.29 is 19.4 Å². The average Bonchev–Trinajstić information content (AvgIpc) is 2.59. The standard InChI is InChI=1S/C18H26N2O4/c1-24-16-6-4-5-15(13-16)14-17(21)20-11-9-19(10-12-20)8-3-2-7-18(22)23/h4-6,13H,2-3,7-12,14H2,1H3,(H,22,23). The summed E-state index contributed by atoms with van der Waals surface area (Å²) < 4.78 is 5.19. The molecule has 0 unspecified atom stereocenters. The van der Waals surface area contributed by atoms with Crippen LogP contribution in [0.5, 0.6) is 5.75 Å². The summed E-state index contributed by atoms with van der Waals surface area (Å²) in [7, 11) is 1.62. The van der Waals surface area contributed by atoms with Gasteiger partial charge in [0.1, 0.15) is 5.75 Å². The van der Waals surface area contributed by atoms with Crippen LogP contribution in [0.2, 0.25) is 0 Å². The lowest BCUT2D eigenvalue weighted by Gasteiger charge is -2.34. The van der Waals surface area contributed by atoms with Crippen molar-refractivity contribution in [1.82, 2.24) is 9.80 Å². The van der Waals surface area contributed by atoms with Crippen molar-refractivity contribution in [3.05, 3.63) is 29.8 Å². The Kier molecular flexibility index (Phi) is 7.06. The van der Waals surface area contributed by atoms with E-state index in [1.807, 2.05) is 29.2 Å². The minimum atomic E-state index is -0.733. The van der Waals surface area contributed by atoms with Crippen LogP contribution in [0.4, 0.5) is 0 Å². The molecule has 0 spiro atoms. The lowest BCUT2D eigenvalue weighted by molar-refractivity contribution is -0.137. The molecule has 1 N–H and O–H groups in total. The van der Waals surface area contributed by atoms with Crippen LogP contribution in [-0.2, 0) is 16.0 Å². The summed E-state index contributed by atoms with van der Waals surface area (Å²) in [6.45, 7) is 4.10. The zero-order chi connectivity index (χ0) is 17.4. The molecule has 6 nitrogen and oxygen atoms in total. The predicted molar refractivity (Wildman–Crippen MR) is 91.2 cm³/mol. The monoisotopic (exact) mass is 334 g/mol. The number of carboxylic acid groups (broad SMARTS) is 1. The van der Waals surface area contributed by atoms with Crippen molar-refractivity contribution in [3.63, 3.8) is 0 Å². The van der Waals surface area contributed by atoms with E-state index < -0.39 is 5.97 Å². The number of hydrogen-bond acceptors (Lipinski definition) is 4. The smallest absolute Gasteiger partial charge is 0.303 e. The summed E-state index contributed by atoms with van der Waals surface area (Å²) in [6.07, 6.45) is 2.24. The molecule has 1 aliphatic heterocycles. The number of benzene rings is 1. The normalized spacial score (nSPS) is 15.3. The first kappa shape index (κ1) is 18.3. The van der Waals surface area contributed by atoms with E-state index >= 15 is 0 Å².